The smallest absolute Gasteiger partial charge is 0.417 e. The van der Waals surface area contributed by atoms with Crippen molar-refractivity contribution < 1.29 is 53.1 Å². The molecule has 58 heavy (non-hydrogen) atoms. The molecule has 6 atom stereocenters. The van der Waals surface area contributed by atoms with E-state index in [-0.39, 0.29) is 62.2 Å². The number of hydrogen-bond acceptors (Lipinski definition) is 12. The third kappa shape index (κ3) is 9.85. The number of halogens is 1. The minimum absolute atomic E-state index is 0.0219. The number of allylic oxidation sites excluding steroid dienone is 1. The molecule has 2 aromatic rings. The molecule has 0 aromatic heterocycles. The summed E-state index contributed by atoms with van der Waals surface area (Å²) in [5.41, 5.74) is 2.73. The van der Waals surface area contributed by atoms with Gasteiger partial charge in [-0.1, -0.05) is 37.1 Å². The van der Waals surface area contributed by atoms with Crippen molar-refractivity contribution in [3.8, 4) is 23.0 Å². The summed E-state index contributed by atoms with van der Waals surface area (Å²) in [5, 5.41) is 27.0. The zero-order chi connectivity index (χ0) is 41.7. The number of nitrogens with one attached hydrogen (secondary N) is 1. The number of carbonyl (C=O) groups excluding carboxylic acids is 2. The van der Waals surface area contributed by atoms with E-state index in [9.17, 15) is 19.8 Å². The van der Waals surface area contributed by atoms with Gasteiger partial charge in [-0.15, -0.1) is 18.2 Å². The van der Waals surface area contributed by atoms with Gasteiger partial charge in [0.05, 0.1) is 44.0 Å². The number of amides is 2. The van der Waals surface area contributed by atoms with Crippen LogP contribution in [0.5, 0.6) is 23.0 Å². The van der Waals surface area contributed by atoms with Gasteiger partial charge in [0.25, 0.3) is 0 Å². The van der Waals surface area contributed by atoms with Gasteiger partial charge in [0.2, 0.25) is 5.79 Å². The van der Waals surface area contributed by atoms with Crippen LogP contribution in [0.25, 0.3) is 0 Å². The van der Waals surface area contributed by atoms with Gasteiger partial charge >= 0.3 is 12.2 Å². The Bertz CT molecular complexity index is 1770. The minimum atomic E-state index is -1.45. The van der Waals surface area contributed by atoms with Gasteiger partial charge in [0.15, 0.2) is 0 Å². The van der Waals surface area contributed by atoms with E-state index in [4.69, 9.17) is 44.9 Å². The fourth-order valence-corrected chi connectivity index (χ4v) is 8.87. The lowest BCUT2D eigenvalue weighted by molar-refractivity contribution is -0.255. The quantitative estimate of drug-likeness (QED) is 0.0489. The van der Waals surface area contributed by atoms with Crippen LogP contribution in [0.1, 0.15) is 69.8 Å². The number of anilines is 1. The molecule has 1 heterocycles. The zero-order valence-electron chi connectivity index (χ0n) is 34.0. The van der Waals surface area contributed by atoms with Crippen LogP contribution in [0, 0.1) is 17.8 Å². The molecule has 0 unspecified atom stereocenters. The van der Waals surface area contributed by atoms with Crippen molar-refractivity contribution in [3.05, 3.63) is 66.3 Å². The van der Waals surface area contributed by atoms with Gasteiger partial charge in [0, 0.05) is 43.7 Å². The van der Waals surface area contributed by atoms with Crippen LogP contribution in [0.3, 0.4) is 0 Å². The van der Waals surface area contributed by atoms with Gasteiger partial charge in [-0.3, -0.25) is 10.2 Å². The number of ether oxygens (including phenoxy) is 6. The van der Waals surface area contributed by atoms with Gasteiger partial charge < -0.3 is 43.5 Å². The number of benzene rings is 2. The second-order valence-corrected chi connectivity index (χ2v) is 14.9. The molecule has 15 heteroatoms. The largest absolute Gasteiger partial charge is 0.497 e. The van der Waals surface area contributed by atoms with Crippen LogP contribution >= 0.6 is 11.6 Å². The third-order valence-electron chi connectivity index (χ3n) is 11.1. The van der Waals surface area contributed by atoms with E-state index in [1.54, 1.807) is 48.4 Å². The van der Waals surface area contributed by atoms with E-state index in [1.165, 1.54) is 14.2 Å². The van der Waals surface area contributed by atoms with Crippen LogP contribution in [-0.2, 0) is 14.3 Å². The molecule has 1 fully saturated rings. The number of alkyl halides is 1. The number of unbranched alkanes of at least 4 members (excludes halogenated alkanes) is 2. The molecule has 318 valence electrons. The van der Waals surface area contributed by atoms with Gasteiger partial charge in [-0.2, -0.15) is 0 Å². The number of carbonyl (C=O) groups is 2. The monoisotopic (exact) mass is 827 g/mol. The maximum Gasteiger partial charge on any atom is 0.417 e. The average Bonchev–Trinajstić information content (AvgIpc) is 3.23. The van der Waals surface area contributed by atoms with Crippen LogP contribution < -0.4 is 24.3 Å². The first-order chi connectivity index (χ1) is 28.2. The van der Waals surface area contributed by atoms with E-state index in [1.807, 2.05) is 13.0 Å². The summed E-state index contributed by atoms with van der Waals surface area (Å²) in [6.45, 7) is 6.55. The van der Waals surface area contributed by atoms with Crippen molar-refractivity contribution in [1.29, 1.82) is 0 Å². The standard InChI is InChI=1S/C43H58ClN3O11/c1-6-19-47(42(51)55-23-18-44)38-27-35(46-54-5)32-24-28(12-8-10-20-48)31(13-9-11-21-49)39-33-25-30(15-17-36(33)58-43(38,40(32)39)56-22-7-2)57-41(50)45-34-16-14-29(52-3)26-37(34)53-4/h7,14-17,24-26,28,31,38-40,48-49H,2,6,8-13,18-23,27H2,1,3-5H3,(H,45,50)/t28-,31+,38-,39+,40+,43+/m0/s1. The molecule has 0 radical (unpaired) electrons. The lowest BCUT2D eigenvalue weighted by atomic mass is 9.55. The Morgan fingerprint density at radius 1 is 1.05 bits per heavy atom. The highest BCUT2D eigenvalue weighted by molar-refractivity contribution is 6.18. The van der Waals surface area contributed by atoms with Crippen molar-refractivity contribution in [3.63, 3.8) is 0 Å². The molecule has 2 aliphatic carbocycles. The highest BCUT2D eigenvalue weighted by atomic mass is 35.5. The molecule has 1 saturated carbocycles. The first-order valence-electron chi connectivity index (χ1n) is 20.1. The van der Waals surface area contributed by atoms with Crippen molar-refractivity contribution in [2.24, 2.45) is 22.9 Å². The number of methoxy groups -OCH3 is 2. The van der Waals surface area contributed by atoms with E-state index in [0.717, 1.165) is 36.8 Å². The highest BCUT2D eigenvalue weighted by Crippen LogP contribution is 2.62. The summed E-state index contributed by atoms with van der Waals surface area (Å²) >= 11 is 5.97. The van der Waals surface area contributed by atoms with Gasteiger partial charge in [-0.25, -0.2) is 9.59 Å². The summed E-state index contributed by atoms with van der Waals surface area (Å²) in [6.07, 6.45) is 7.81. The molecule has 2 aromatic carbocycles. The summed E-state index contributed by atoms with van der Waals surface area (Å²) in [4.78, 5) is 34.5. The minimum Gasteiger partial charge on any atom is -0.497 e. The number of nitrogens with zero attached hydrogens (tertiary/aromatic N) is 2. The Kier molecular flexibility index (Phi) is 16.5. The summed E-state index contributed by atoms with van der Waals surface area (Å²) in [5.74, 6) is -0.397. The second kappa shape index (κ2) is 21.5. The molecule has 0 saturated heterocycles. The SMILES string of the molecule is C=CCO[C@@]12Oc3ccc(OC(=O)Nc4ccc(OC)cc4OC)cc3[C@H]3[C@H](CCCCO)[C@@H](CCCCO)C=C(C(=NOC)C[C@@H]1N(CCC)C(=O)OCCCl)[C@H]32. The molecular formula is C43H58ClN3O11. The Labute approximate surface area is 346 Å². The maximum absolute atomic E-state index is 13.9. The van der Waals surface area contributed by atoms with E-state index in [2.05, 4.69) is 23.1 Å². The van der Waals surface area contributed by atoms with Crippen molar-refractivity contribution in [2.75, 3.05) is 65.5 Å². The molecule has 0 bridgehead atoms. The lowest BCUT2D eigenvalue weighted by Crippen LogP contribution is -2.70. The Balaban J connectivity index is 1.69. The van der Waals surface area contributed by atoms with E-state index < -0.39 is 29.9 Å². The lowest BCUT2D eigenvalue weighted by Gasteiger charge is -2.59. The summed E-state index contributed by atoms with van der Waals surface area (Å²) < 4.78 is 36.4. The van der Waals surface area contributed by atoms with E-state index >= 15 is 0 Å². The van der Waals surface area contributed by atoms with Crippen LogP contribution in [0.15, 0.2) is 65.9 Å². The normalized spacial score (nSPS) is 23.7. The van der Waals surface area contributed by atoms with Gasteiger partial charge in [-0.05, 0) is 79.8 Å². The second-order valence-electron chi connectivity index (χ2n) is 14.5. The van der Waals surface area contributed by atoms with Crippen LogP contribution in [-0.4, -0.2) is 105 Å². The van der Waals surface area contributed by atoms with E-state index in [0.29, 0.717) is 54.5 Å². The average molecular weight is 828 g/mol. The topological polar surface area (TPSA) is 167 Å². The van der Waals surface area contributed by atoms with Crippen molar-refractivity contribution in [1.82, 2.24) is 4.90 Å². The Hall–Kier alpha value is -4.50. The molecule has 5 rings (SSSR count). The Morgan fingerprint density at radius 3 is 2.48 bits per heavy atom. The van der Waals surface area contributed by atoms with Gasteiger partial charge in [0.1, 0.15) is 42.8 Å². The molecule has 2 amide bonds. The predicted molar refractivity (Wildman–Crippen MR) is 220 cm³/mol. The summed E-state index contributed by atoms with van der Waals surface area (Å²) in [6, 6.07) is 9.57. The first kappa shape index (κ1) is 44.6. The zero-order valence-corrected chi connectivity index (χ0v) is 34.7. The number of aliphatic hydroxyl groups is 2. The fourth-order valence-electron chi connectivity index (χ4n) is 8.79. The number of aliphatic hydroxyl groups excluding tert-OH is 2. The molecular weight excluding hydrogens is 770 g/mol. The van der Waals surface area contributed by atoms with Crippen LogP contribution in [0.2, 0.25) is 0 Å². The number of fused-ring (bicyclic) bond motifs is 2. The molecule has 0 spiro atoms. The molecule has 3 aliphatic rings. The molecule has 1 aliphatic heterocycles. The third-order valence-corrected chi connectivity index (χ3v) is 11.2. The molecule has 14 nitrogen and oxygen atoms in total. The number of oxime groups is 1. The summed E-state index contributed by atoms with van der Waals surface area (Å²) in [7, 11) is 4.54. The first-order valence-corrected chi connectivity index (χ1v) is 20.6. The van der Waals surface area contributed by atoms with Crippen molar-refractivity contribution in [2.45, 2.75) is 76.0 Å². The predicted octanol–water partition coefficient (Wildman–Crippen LogP) is 7.67. The fraction of sp³-hybridized carbons (Fsp3) is 0.558. The highest BCUT2D eigenvalue weighted by Gasteiger charge is 2.65. The number of hydrogen-bond donors (Lipinski definition) is 3. The molecule has 3 N–H and O–H groups in total. The maximum atomic E-state index is 13.9. The van der Waals surface area contributed by atoms with Crippen LogP contribution in [0.4, 0.5) is 15.3 Å². The Morgan fingerprint density at radius 2 is 1.81 bits per heavy atom. The van der Waals surface area contributed by atoms with Crippen molar-refractivity contribution >= 4 is 35.2 Å². The number of rotatable bonds is 21.